The van der Waals surface area contributed by atoms with Crippen LogP contribution in [0.5, 0.6) is 5.75 Å². The summed E-state index contributed by atoms with van der Waals surface area (Å²) in [6.45, 7) is 4.06. The first-order valence-corrected chi connectivity index (χ1v) is 10.1. The molecule has 0 aliphatic carbocycles. The van der Waals surface area contributed by atoms with E-state index in [0.29, 0.717) is 12.3 Å². The first-order valence-electron chi connectivity index (χ1n) is 10.1. The summed E-state index contributed by atoms with van der Waals surface area (Å²) in [7, 11) is 0. The number of aryl methyl sites for hydroxylation is 2. The molecule has 30 heavy (non-hydrogen) atoms. The Balaban J connectivity index is 1.82. The first-order chi connectivity index (χ1) is 14.3. The molecule has 0 fully saturated rings. The van der Waals surface area contributed by atoms with Crippen LogP contribution >= 0.6 is 0 Å². The van der Waals surface area contributed by atoms with E-state index >= 15 is 0 Å². The molecule has 1 atom stereocenters. The highest BCUT2D eigenvalue weighted by Gasteiger charge is 2.34. The van der Waals surface area contributed by atoms with Gasteiger partial charge in [0.1, 0.15) is 5.75 Å². The number of benzene rings is 2. The quantitative estimate of drug-likeness (QED) is 0.451. The molecule has 0 aliphatic heterocycles. The van der Waals surface area contributed by atoms with Crippen LogP contribution in [-0.2, 0) is 19.0 Å². The average molecular weight is 418 g/mol. The van der Waals surface area contributed by atoms with Crippen molar-refractivity contribution < 1.29 is 22.8 Å². The van der Waals surface area contributed by atoms with Gasteiger partial charge in [-0.25, -0.2) is 0 Å². The molecular formula is C23H25F3N2O2. The monoisotopic (exact) mass is 418 g/mol. The number of halogens is 3. The van der Waals surface area contributed by atoms with Gasteiger partial charge in [-0.3, -0.25) is 0 Å². The second-order valence-corrected chi connectivity index (χ2v) is 7.54. The smallest absolute Gasteiger partial charge is 0.416 e. The summed E-state index contributed by atoms with van der Waals surface area (Å²) in [6.07, 6.45) is -0.864. The Morgan fingerprint density at radius 3 is 2.47 bits per heavy atom. The van der Waals surface area contributed by atoms with Crippen LogP contribution in [0, 0.1) is 0 Å². The molecule has 0 unspecified atom stereocenters. The Bertz CT molecular complexity index is 965. The maximum atomic E-state index is 13.7. The third kappa shape index (κ3) is 5.40. The number of rotatable bonds is 8. The Kier molecular flexibility index (Phi) is 6.80. The van der Waals surface area contributed by atoms with Crippen LogP contribution in [0.3, 0.4) is 0 Å². The van der Waals surface area contributed by atoms with Crippen molar-refractivity contribution in [1.82, 2.24) is 10.1 Å². The SMILES string of the molecule is CCCC[C@H](C)c1nc(-c2ccc(CCc3ccc(O)cc3)c(C(F)(F)F)c2)no1. The van der Waals surface area contributed by atoms with Gasteiger partial charge in [0.2, 0.25) is 11.7 Å². The molecule has 3 aromatic rings. The van der Waals surface area contributed by atoms with Gasteiger partial charge in [-0.1, -0.05) is 56.1 Å². The minimum Gasteiger partial charge on any atom is -0.508 e. The number of phenols is 1. The predicted molar refractivity (Wildman–Crippen MR) is 108 cm³/mol. The zero-order valence-electron chi connectivity index (χ0n) is 17.0. The van der Waals surface area contributed by atoms with E-state index in [9.17, 15) is 18.3 Å². The van der Waals surface area contributed by atoms with Crippen molar-refractivity contribution in [2.24, 2.45) is 0 Å². The summed E-state index contributed by atoms with van der Waals surface area (Å²) < 4.78 is 46.4. The summed E-state index contributed by atoms with van der Waals surface area (Å²) in [5.74, 6) is 0.813. The van der Waals surface area contributed by atoms with Crippen molar-refractivity contribution in [3.63, 3.8) is 0 Å². The van der Waals surface area contributed by atoms with E-state index in [1.54, 1.807) is 18.2 Å². The van der Waals surface area contributed by atoms with Gasteiger partial charge in [-0.2, -0.15) is 18.2 Å². The maximum Gasteiger partial charge on any atom is 0.416 e. The first kappa shape index (κ1) is 21.9. The molecule has 1 aromatic heterocycles. The molecule has 0 aliphatic rings. The number of unbranched alkanes of at least 4 members (excludes halogenated alkanes) is 1. The van der Waals surface area contributed by atoms with Crippen molar-refractivity contribution in [3.05, 3.63) is 65.0 Å². The molecule has 1 heterocycles. The molecule has 2 aromatic carbocycles. The van der Waals surface area contributed by atoms with Crippen molar-refractivity contribution >= 4 is 0 Å². The third-order valence-electron chi connectivity index (χ3n) is 5.15. The molecule has 4 nitrogen and oxygen atoms in total. The van der Waals surface area contributed by atoms with Gasteiger partial charge in [0.15, 0.2) is 0 Å². The van der Waals surface area contributed by atoms with Crippen molar-refractivity contribution in [2.75, 3.05) is 0 Å². The highest BCUT2D eigenvalue weighted by Crippen LogP contribution is 2.35. The molecule has 0 bridgehead atoms. The summed E-state index contributed by atoms with van der Waals surface area (Å²) in [5, 5.41) is 13.2. The van der Waals surface area contributed by atoms with Gasteiger partial charge in [0.25, 0.3) is 0 Å². The van der Waals surface area contributed by atoms with Crippen molar-refractivity contribution in [2.45, 2.75) is 58.0 Å². The molecular weight excluding hydrogens is 393 g/mol. The molecule has 3 rings (SSSR count). The molecule has 0 saturated carbocycles. The molecule has 0 saturated heterocycles. The van der Waals surface area contributed by atoms with E-state index in [0.717, 1.165) is 30.9 Å². The molecule has 0 amide bonds. The molecule has 0 radical (unpaired) electrons. The normalized spacial score (nSPS) is 12.8. The fourth-order valence-electron chi connectivity index (χ4n) is 3.33. The van der Waals surface area contributed by atoms with Gasteiger partial charge in [-0.05, 0) is 48.6 Å². The van der Waals surface area contributed by atoms with Crippen LogP contribution in [0.2, 0.25) is 0 Å². The number of aromatic hydroxyl groups is 1. The van der Waals surface area contributed by atoms with Crippen LogP contribution in [0.4, 0.5) is 13.2 Å². The topological polar surface area (TPSA) is 59.2 Å². The number of nitrogens with zero attached hydrogens (tertiary/aromatic N) is 2. The van der Waals surface area contributed by atoms with Gasteiger partial charge in [0, 0.05) is 11.5 Å². The minimum atomic E-state index is -4.48. The summed E-state index contributed by atoms with van der Waals surface area (Å²) >= 11 is 0. The lowest BCUT2D eigenvalue weighted by Gasteiger charge is -2.14. The second kappa shape index (κ2) is 9.32. The van der Waals surface area contributed by atoms with Gasteiger partial charge in [0.05, 0.1) is 5.56 Å². The van der Waals surface area contributed by atoms with Crippen LogP contribution in [0.15, 0.2) is 47.0 Å². The van der Waals surface area contributed by atoms with Crippen molar-refractivity contribution in [1.29, 1.82) is 0 Å². The summed E-state index contributed by atoms with van der Waals surface area (Å²) in [4.78, 5) is 4.32. The van der Waals surface area contributed by atoms with E-state index in [1.165, 1.54) is 18.2 Å². The Morgan fingerprint density at radius 1 is 1.07 bits per heavy atom. The van der Waals surface area contributed by atoms with Crippen LogP contribution in [0.25, 0.3) is 11.4 Å². The zero-order valence-corrected chi connectivity index (χ0v) is 17.0. The lowest BCUT2D eigenvalue weighted by molar-refractivity contribution is -0.138. The highest BCUT2D eigenvalue weighted by atomic mass is 19.4. The number of alkyl halides is 3. The summed E-state index contributed by atoms with van der Waals surface area (Å²) in [5.41, 5.74) is 0.658. The Hall–Kier alpha value is -2.83. The molecule has 7 heteroatoms. The third-order valence-corrected chi connectivity index (χ3v) is 5.15. The number of hydrogen-bond donors (Lipinski definition) is 1. The van der Waals surface area contributed by atoms with E-state index in [1.807, 2.05) is 6.92 Å². The highest BCUT2D eigenvalue weighted by molar-refractivity contribution is 5.57. The standard InChI is InChI=1S/C23H25F3N2O2/c1-3-4-5-15(2)22-27-21(28-30-22)18-11-10-17(20(14-18)23(24,25)26)9-6-16-7-12-19(29)13-8-16/h7-8,10-15,29H,3-6,9H2,1-2H3/t15-/m0/s1. The lowest BCUT2D eigenvalue weighted by atomic mass is 9.97. The average Bonchev–Trinajstić information content (AvgIpc) is 3.21. The molecule has 1 N–H and O–H groups in total. The molecule has 0 spiro atoms. The van der Waals surface area contributed by atoms with Gasteiger partial charge in [-0.15, -0.1) is 0 Å². The van der Waals surface area contributed by atoms with Gasteiger partial charge >= 0.3 is 6.18 Å². The zero-order chi connectivity index (χ0) is 21.7. The van der Waals surface area contributed by atoms with E-state index in [2.05, 4.69) is 17.1 Å². The Labute approximate surface area is 173 Å². The van der Waals surface area contributed by atoms with Gasteiger partial charge < -0.3 is 9.63 Å². The Morgan fingerprint density at radius 2 is 1.80 bits per heavy atom. The second-order valence-electron chi connectivity index (χ2n) is 7.54. The van der Waals surface area contributed by atoms with Crippen LogP contribution in [-0.4, -0.2) is 15.2 Å². The van der Waals surface area contributed by atoms with E-state index in [4.69, 9.17) is 4.52 Å². The van der Waals surface area contributed by atoms with Crippen LogP contribution < -0.4 is 0 Å². The number of hydrogen-bond acceptors (Lipinski definition) is 4. The number of aromatic nitrogens is 2. The maximum absolute atomic E-state index is 13.7. The molecule has 160 valence electrons. The van der Waals surface area contributed by atoms with E-state index < -0.39 is 11.7 Å². The largest absolute Gasteiger partial charge is 0.508 e. The minimum absolute atomic E-state index is 0.0675. The van der Waals surface area contributed by atoms with Crippen LogP contribution in [0.1, 0.15) is 61.6 Å². The predicted octanol–water partition coefficient (Wildman–Crippen LogP) is 6.54. The van der Waals surface area contributed by atoms with Crippen molar-refractivity contribution in [3.8, 4) is 17.1 Å². The lowest BCUT2D eigenvalue weighted by Crippen LogP contribution is -2.10. The fourth-order valence-corrected chi connectivity index (χ4v) is 3.33. The van der Waals surface area contributed by atoms with E-state index in [-0.39, 0.29) is 35.0 Å². The fraction of sp³-hybridized carbons (Fsp3) is 0.391. The summed E-state index contributed by atoms with van der Waals surface area (Å²) in [6, 6.07) is 10.6. The number of phenolic OH excluding ortho intramolecular Hbond substituents is 1.